The highest BCUT2D eigenvalue weighted by Crippen LogP contribution is 2.19. The number of hydrogen-bond donors (Lipinski definition) is 2. The Bertz CT molecular complexity index is 746. The number of quaternary nitrogens is 1. The molecule has 0 heterocycles. The van der Waals surface area contributed by atoms with Gasteiger partial charge in [0.25, 0.3) is 5.69 Å². The molecule has 24 heavy (non-hydrogen) atoms. The summed E-state index contributed by atoms with van der Waals surface area (Å²) in [7, 11) is 1.56. The number of hydroxylamine groups is 1. The summed E-state index contributed by atoms with van der Waals surface area (Å²) in [6.45, 7) is 1.55. The molecule has 2 aromatic carbocycles. The number of methoxy groups -OCH3 is 1. The Balaban J connectivity index is 1.99. The lowest BCUT2D eigenvalue weighted by molar-refractivity contribution is -0.855. The molecular weight excluding hydrogens is 314 g/mol. The Morgan fingerprint density at radius 1 is 1.25 bits per heavy atom. The zero-order valence-electron chi connectivity index (χ0n) is 13.2. The molecule has 8 heteroatoms. The van der Waals surface area contributed by atoms with Crippen molar-refractivity contribution in [2.45, 2.75) is 6.92 Å². The summed E-state index contributed by atoms with van der Waals surface area (Å²) in [5, 5.41) is 10.8. The third-order valence-electron chi connectivity index (χ3n) is 3.35. The van der Waals surface area contributed by atoms with Crippen molar-refractivity contribution in [2.75, 3.05) is 7.11 Å². The van der Waals surface area contributed by atoms with Gasteiger partial charge in [0.15, 0.2) is 0 Å². The number of ether oxygens (including phenoxy) is 1. The highest BCUT2D eigenvalue weighted by Gasteiger charge is 2.16. The van der Waals surface area contributed by atoms with E-state index in [0.717, 1.165) is 5.48 Å². The van der Waals surface area contributed by atoms with Crippen LogP contribution in [0.4, 0.5) is 5.69 Å². The second-order valence-electron chi connectivity index (χ2n) is 4.97. The molecular formula is C16H17N3O5. The van der Waals surface area contributed by atoms with Crippen molar-refractivity contribution in [2.24, 2.45) is 5.73 Å². The van der Waals surface area contributed by atoms with Crippen LogP contribution in [0.3, 0.4) is 0 Å². The van der Waals surface area contributed by atoms with E-state index < -0.39 is 10.9 Å². The summed E-state index contributed by atoms with van der Waals surface area (Å²) < 4.78 is 5.05. The minimum absolute atomic E-state index is 0.0557. The molecule has 4 N–H and O–H groups in total. The van der Waals surface area contributed by atoms with Crippen molar-refractivity contribution in [3.63, 3.8) is 0 Å². The van der Waals surface area contributed by atoms with Gasteiger partial charge in [0.05, 0.1) is 23.3 Å². The SMILES string of the molecule is COc1ccc([C-](N)[NH2+]OC(=O)c2ccc([N+](=O)[O-])c(C)c2)cc1. The van der Waals surface area contributed by atoms with Crippen LogP contribution in [0.1, 0.15) is 21.5 Å². The lowest BCUT2D eigenvalue weighted by atomic mass is 10.1. The van der Waals surface area contributed by atoms with E-state index in [2.05, 4.69) is 0 Å². The number of hydrogen-bond acceptors (Lipinski definition) is 6. The second kappa shape index (κ2) is 7.44. The van der Waals surface area contributed by atoms with Crippen molar-refractivity contribution in [1.29, 1.82) is 0 Å². The largest absolute Gasteiger partial charge is 0.499 e. The summed E-state index contributed by atoms with van der Waals surface area (Å²) in [4.78, 5) is 27.3. The Morgan fingerprint density at radius 3 is 2.46 bits per heavy atom. The van der Waals surface area contributed by atoms with Gasteiger partial charge in [0, 0.05) is 11.6 Å². The van der Waals surface area contributed by atoms with Crippen LogP contribution >= 0.6 is 0 Å². The van der Waals surface area contributed by atoms with Crippen LogP contribution in [-0.2, 0) is 4.84 Å². The van der Waals surface area contributed by atoms with E-state index in [0.29, 0.717) is 16.9 Å². The second-order valence-corrected chi connectivity index (χ2v) is 4.97. The smallest absolute Gasteiger partial charge is 0.396 e. The zero-order chi connectivity index (χ0) is 17.7. The molecule has 0 aliphatic heterocycles. The number of nitro benzene ring substituents is 1. The van der Waals surface area contributed by atoms with Crippen LogP contribution in [0.15, 0.2) is 42.5 Å². The topological polar surface area (TPSA) is 121 Å². The Morgan fingerprint density at radius 2 is 1.92 bits per heavy atom. The molecule has 0 fully saturated rings. The molecule has 126 valence electrons. The van der Waals surface area contributed by atoms with E-state index in [4.69, 9.17) is 15.3 Å². The van der Waals surface area contributed by atoms with Gasteiger partial charge in [0.1, 0.15) is 6.17 Å². The molecule has 0 aliphatic rings. The first-order chi connectivity index (χ1) is 11.4. The number of nitrogens with two attached hydrogens (primary N) is 2. The van der Waals surface area contributed by atoms with Crippen molar-refractivity contribution in [1.82, 2.24) is 0 Å². The van der Waals surface area contributed by atoms with Crippen LogP contribution in [0.2, 0.25) is 0 Å². The maximum absolute atomic E-state index is 12.0. The number of benzene rings is 2. The van der Waals surface area contributed by atoms with E-state index in [1.54, 1.807) is 38.3 Å². The standard InChI is InChI=1S/C16H17N3O5/c1-10-9-12(5-8-14(10)19(21)22)16(20)24-18-15(17)11-3-6-13(23-2)7-4-11/h3-9H,17-18H2,1-2H3. The number of nitro groups is 1. The summed E-state index contributed by atoms with van der Waals surface area (Å²) in [5.41, 5.74) is 8.20. The molecule has 8 nitrogen and oxygen atoms in total. The van der Waals surface area contributed by atoms with Crippen LogP contribution < -0.4 is 16.0 Å². The third-order valence-corrected chi connectivity index (χ3v) is 3.35. The van der Waals surface area contributed by atoms with Crippen molar-refractivity contribution < 1.29 is 24.8 Å². The highest BCUT2D eigenvalue weighted by atomic mass is 16.7. The molecule has 0 bridgehead atoms. The fourth-order valence-corrected chi connectivity index (χ4v) is 2.02. The van der Waals surface area contributed by atoms with Gasteiger partial charge in [-0.25, -0.2) is 4.79 Å². The molecule has 0 radical (unpaired) electrons. The summed E-state index contributed by atoms with van der Waals surface area (Å²) in [6.07, 6.45) is 0.268. The fourth-order valence-electron chi connectivity index (χ4n) is 2.02. The lowest BCUT2D eigenvalue weighted by Gasteiger charge is -2.16. The zero-order valence-corrected chi connectivity index (χ0v) is 13.2. The molecule has 2 aromatic rings. The number of carbonyl (C=O) groups is 1. The summed E-state index contributed by atoms with van der Waals surface area (Å²) in [6, 6.07) is 10.9. The van der Waals surface area contributed by atoms with Crippen molar-refractivity contribution in [3.8, 4) is 5.75 Å². The van der Waals surface area contributed by atoms with Gasteiger partial charge in [-0.15, -0.1) is 5.56 Å². The first kappa shape index (κ1) is 17.3. The maximum atomic E-state index is 12.0. The molecule has 0 unspecified atom stereocenters. The van der Waals surface area contributed by atoms with Gasteiger partial charge in [-0.2, -0.15) is 17.6 Å². The average molecular weight is 331 g/mol. The van der Waals surface area contributed by atoms with E-state index in [9.17, 15) is 14.9 Å². The monoisotopic (exact) mass is 331 g/mol. The van der Waals surface area contributed by atoms with Crippen LogP contribution in [0, 0.1) is 23.2 Å². The van der Waals surface area contributed by atoms with Gasteiger partial charge >= 0.3 is 5.97 Å². The highest BCUT2D eigenvalue weighted by molar-refractivity contribution is 5.89. The van der Waals surface area contributed by atoms with Crippen molar-refractivity contribution >= 4 is 11.7 Å². The number of rotatable bonds is 6. The van der Waals surface area contributed by atoms with Crippen molar-refractivity contribution in [3.05, 3.63) is 75.4 Å². The van der Waals surface area contributed by atoms with E-state index >= 15 is 0 Å². The molecule has 0 spiro atoms. The van der Waals surface area contributed by atoms with Gasteiger partial charge in [-0.3, -0.25) is 15.0 Å². The molecule has 0 saturated heterocycles. The number of nitrogens with zero attached hydrogens (tertiary/aromatic N) is 1. The first-order valence-corrected chi connectivity index (χ1v) is 6.98. The van der Waals surface area contributed by atoms with E-state index in [-0.39, 0.29) is 17.4 Å². The Kier molecular flexibility index (Phi) is 5.35. The Hall–Kier alpha value is -3.10. The summed E-state index contributed by atoms with van der Waals surface area (Å²) >= 11 is 0. The predicted molar refractivity (Wildman–Crippen MR) is 84.7 cm³/mol. The normalized spacial score (nSPS) is 10.1. The maximum Gasteiger partial charge on any atom is 0.396 e. The Labute approximate surface area is 138 Å². The summed E-state index contributed by atoms with van der Waals surface area (Å²) in [5.74, 6) is 0.0364. The van der Waals surface area contributed by atoms with Crippen LogP contribution in [0.25, 0.3) is 0 Å². The minimum Gasteiger partial charge on any atom is -0.499 e. The van der Waals surface area contributed by atoms with Gasteiger partial charge in [-0.05, 0) is 19.1 Å². The van der Waals surface area contributed by atoms with Gasteiger partial charge in [0.2, 0.25) is 0 Å². The third kappa shape index (κ3) is 4.00. The predicted octanol–water partition coefficient (Wildman–Crippen LogP) is 1.04. The molecule has 0 atom stereocenters. The van der Waals surface area contributed by atoms with Gasteiger partial charge < -0.3 is 10.5 Å². The van der Waals surface area contributed by atoms with Gasteiger partial charge in [-0.1, -0.05) is 12.1 Å². The number of carbonyl (C=O) groups excluding carboxylic acids is 1. The van der Waals surface area contributed by atoms with E-state index in [1.807, 2.05) is 0 Å². The van der Waals surface area contributed by atoms with E-state index in [1.165, 1.54) is 18.2 Å². The quantitative estimate of drug-likeness (QED) is 0.463. The lowest BCUT2D eigenvalue weighted by Crippen LogP contribution is -2.88. The molecule has 0 amide bonds. The molecule has 0 saturated carbocycles. The molecule has 2 rings (SSSR count). The number of aryl methyl sites for hydroxylation is 1. The molecule has 0 aromatic heterocycles. The average Bonchev–Trinajstić information content (AvgIpc) is 2.59. The first-order valence-electron chi connectivity index (χ1n) is 6.98. The fraction of sp³-hybridized carbons (Fsp3) is 0.125. The van der Waals surface area contributed by atoms with Crippen LogP contribution in [-0.4, -0.2) is 18.0 Å². The van der Waals surface area contributed by atoms with Crippen LogP contribution in [0.5, 0.6) is 5.75 Å². The molecule has 0 aliphatic carbocycles. The minimum atomic E-state index is -0.649.